The van der Waals surface area contributed by atoms with E-state index >= 15 is 0 Å². The molecular weight excluding hydrogens is 390 g/mol. The smallest absolute Gasteiger partial charge is 0.335 e. The summed E-state index contributed by atoms with van der Waals surface area (Å²) >= 11 is 1.63. The molecule has 0 saturated carbocycles. The zero-order chi connectivity index (χ0) is 18.4. The van der Waals surface area contributed by atoms with Gasteiger partial charge in [0, 0.05) is 18.4 Å². The van der Waals surface area contributed by atoms with Crippen LogP contribution in [-0.4, -0.2) is 43.6 Å². The Morgan fingerprint density at radius 2 is 2.04 bits per heavy atom. The minimum atomic E-state index is -0.936. The second kappa shape index (κ2) is 10.1. The summed E-state index contributed by atoms with van der Waals surface area (Å²) in [4.78, 5) is 10.9. The average Bonchev–Trinajstić information content (AvgIpc) is 3.27. The van der Waals surface area contributed by atoms with Gasteiger partial charge in [-0.2, -0.15) is 0 Å². The van der Waals surface area contributed by atoms with Crippen molar-refractivity contribution in [2.75, 3.05) is 12.3 Å². The molecule has 10 heteroatoms. The van der Waals surface area contributed by atoms with E-state index in [4.69, 9.17) is 9.52 Å². The highest BCUT2D eigenvalue weighted by Crippen LogP contribution is 2.22. The second-order valence-electron chi connectivity index (χ2n) is 5.61. The third kappa shape index (κ3) is 5.81. The maximum absolute atomic E-state index is 10.9. The summed E-state index contributed by atoms with van der Waals surface area (Å²) in [5, 5.41) is 24.4. The van der Waals surface area contributed by atoms with E-state index in [0.717, 1.165) is 41.0 Å². The molecule has 0 aliphatic carbocycles. The number of hydrogen-bond donors (Lipinski definition) is 2. The summed E-state index contributed by atoms with van der Waals surface area (Å²) < 4.78 is 7.46. The van der Waals surface area contributed by atoms with E-state index in [1.807, 2.05) is 19.2 Å². The molecule has 1 aromatic carbocycles. The molecule has 0 spiro atoms. The lowest BCUT2D eigenvalue weighted by Crippen LogP contribution is -3.00. The Balaban J connectivity index is 0.00000261. The first-order chi connectivity index (χ1) is 12.6. The van der Waals surface area contributed by atoms with Crippen LogP contribution in [0, 0.1) is 0 Å². The number of aryl methyl sites for hydroxylation is 1. The lowest BCUT2D eigenvalue weighted by atomic mass is 10.1. The number of nitrogens with zero attached hydrogens (tertiary/aromatic N) is 4. The molecule has 2 aromatic heterocycles. The van der Waals surface area contributed by atoms with Crippen molar-refractivity contribution in [2.24, 2.45) is 7.05 Å². The zero-order valence-electron chi connectivity index (χ0n) is 14.6. The summed E-state index contributed by atoms with van der Waals surface area (Å²) in [5.41, 5.74) is 1.12. The maximum atomic E-state index is 10.9. The number of carboxylic acid groups (broad SMARTS) is 1. The lowest BCUT2D eigenvalue weighted by Gasteiger charge is -2.03. The van der Waals surface area contributed by atoms with Gasteiger partial charge in [0.15, 0.2) is 0 Å². The molecule has 0 atom stereocenters. The number of thioether (sulfide) groups is 1. The van der Waals surface area contributed by atoms with Gasteiger partial charge < -0.3 is 27.2 Å². The van der Waals surface area contributed by atoms with E-state index in [0.29, 0.717) is 6.54 Å². The first kappa shape index (κ1) is 20.9. The topological polar surface area (TPSA) is 106 Å². The fraction of sp³-hybridized carbons (Fsp3) is 0.294. The Hall–Kier alpha value is -2.36. The summed E-state index contributed by atoms with van der Waals surface area (Å²) in [5.74, 6) is 1.56. The van der Waals surface area contributed by atoms with E-state index in [9.17, 15) is 4.79 Å². The first-order valence-electron chi connectivity index (χ1n) is 8.12. The highest BCUT2D eigenvalue weighted by Gasteiger charge is 2.07. The number of rotatable bonds is 9. The van der Waals surface area contributed by atoms with Crippen molar-refractivity contribution in [2.45, 2.75) is 18.1 Å². The Kier molecular flexibility index (Phi) is 7.83. The van der Waals surface area contributed by atoms with Gasteiger partial charge in [-0.15, -0.1) is 5.10 Å². The second-order valence-corrected chi connectivity index (χ2v) is 6.67. The Bertz CT molecular complexity index is 866. The van der Waals surface area contributed by atoms with Crippen LogP contribution >= 0.6 is 11.8 Å². The highest BCUT2D eigenvalue weighted by molar-refractivity contribution is 7.99. The van der Waals surface area contributed by atoms with Crippen LogP contribution < -0.4 is 17.7 Å². The summed E-state index contributed by atoms with van der Waals surface area (Å²) in [6.07, 6.45) is 0.988. The molecule has 27 heavy (non-hydrogen) atoms. The molecule has 8 nitrogen and oxygen atoms in total. The largest absolute Gasteiger partial charge is 1.00 e. The number of carboxylic acids is 1. The number of halogens is 1. The number of carbonyl (C=O) groups is 1. The molecule has 3 rings (SSSR count). The molecule has 0 fully saturated rings. The van der Waals surface area contributed by atoms with E-state index in [2.05, 4.69) is 20.8 Å². The molecule has 2 N–H and O–H groups in total. The summed E-state index contributed by atoms with van der Waals surface area (Å²) in [6.45, 7) is 1.50. The van der Waals surface area contributed by atoms with Gasteiger partial charge in [0.1, 0.15) is 11.5 Å². The summed E-state index contributed by atoms with van der Waals surface area (Å²) in [7, 11) is 1.82. The molecule has 0 bridgehead atoms. The van der Waals surface area contributed by atoms with Crippen molar-refractivity contribution in [3.8, 4) is 11.3 Å². The Morgan fingerprint density at radius 3 is 2.70 bits per heavy atom. The minimum Gasteiger partial charge on any atom is -1.00 e. The zero-order valence-corrected chi connectivity index (χ0v) is 16.2. The van der Waals surface area contributed by atoms with E-state index < -0.39 is 5.97 Å². The predicted octanol–water partition coefficient (Wildman–Crippen LogP) is -0.556. The molecule has 0 amide bonds. The van der Waals surface area contributed by atoms with Crippen LogP contribution in [0.1, 0.15) is 22.5 Å². The fourth-order valence-electron chi connectivity index (χ4n) is 2.32. The molecule has 144 valence electrons. The number of furan rings is 1. The number of hydrogen-bond acceptors (Lipinski definition) is 7. The molecule has 0 radical (unpaired) electrons. The van der Waals surface area contributed by atoms with E-state index in [1.54, 1.807) is 40.7 Å². The number of benzene rings is 1. The van der Waals surface area contributed by atoms with Crippen molar-refractivity contribution in [1.82, 2.24) is 25.5 Å². The van der Waals surface area contributed by atoms with Gasteiger partial charge in [-0.3, -0.25) is 0 Å². The third-order valence-electron chi connectivity index (χ3n) is 3.69. The summed E-state index contributed by atoms with van der Waals surface area (Å²) in [6, 6.07) is 10.5. The van der Waals surface area contributed by atoms with Crippen molar-refractivity contribution in [1.29, 1.82) is 0 Å². The van der Waals surface area contributed by atoms with Crippen LogP contribution in [0.4, 0.5) is 0 Å². The van der Waals surface area contributed by atoms with Crippen LogP contribution in [0.5, 0.6) is 0 Å². The Morgan fingerprint density at radius 1 is 1.26 bits per heavy atom. The average molecular weight is 409 g/mol. The monoisotopic (exact) mass is 408 g/mol. The maximum Gasteiger partial charge on any atom is 0.335 e. The Labute approximate surface area is 166 Å². The van der Waals surface area contributed by atoms with Gasteiger partial charge in [-0.25, -0.2) is 9.48 Å². The third-order valence-corrected chi connectivity index (χ3v) is 4.78. The molecule has 0 aliphatic rings. The van der Waals surface area contributed by atoms with Gasteiger partial charge >= 0.3 is 5.97 Å². The van der Waals surface area contributed by atoms with Gasteiger partial charge in [0.05, 0.1) is 12.1 Å². The van der Waals surface area contributed by atoms with Crippen LogP contribution in [0.25, 0.3) is 11.3 Å². The van der Waals surface area contributed by atoms with Crippen molar-refractivity contribution < 1.29 is 26.7 Å². The van der Waals surface area contributed by atoms with E-state index in [1.165, 1.54) is 0 Å². The molecular formula is C17H19ClN5O3S-. The van der Waals surface area contributed by atoms with Gasteiger partial charge in [-0.05, 0) is 47.7 Å². The van der Waals surface area contributed by atoms with Gasteiger partial charge in [0.25, 0.3) is 0 Å². The molecule has 0 unspecified atom stereocenters. The quantitative estimate of drug-likeness (QED) is 0.358. The molecule has 0 aliphatic heterocycles. The minimum absolute atomic E-state index is 0. The van der Waals surface area contributed by atoms with Crippen LogP contribution in [0.3, 0.4) is 0 Å². The number of nitrogens with one attached hydrogen (secondary N) is 1. The first-order valence-corrected chi connectivity index (χ1v) is 9.10. The van der Waals surface area contributed by atoms with Crippen LogP contribution in [-0.2, 0) is 13.6 Å². The molecule has 3 aromatic rings. The number of tetrazole rings is 1. The van der Waals surface area contributed by atoms with Crippen molar-refractivity contribution in [3.05, 3.63) is 47.7 Å². The SMILES string of the molecule is Cn1nnnc1SCCCNCc1ccc(-c2ccc(C(=O)O)cc2)o1.[Cl-]. The van der Waals surface area contributed by atoms with Crippen molar-refractivity contribution >= 4 is 17.7 Å². The van der Waals surface area contributed by atoms with Gasteiger partial charge in [0.2, 0.25) is 5.16 Å². The lowest BCUT2D eigenvalue weighted by molar-refractivity contribution is -0.0000215. The highest BCUT2D eigenvalue weighted by atomic mass is 35.5. The number of aromatic nitrogens is 4. The van der Waals surface area contributed by atoms with Crippen molar-refractivity contribution in [3.63, 3.8) is 0 Å². The predicted molar refractivity (Wildman–Crippen MR) is 96.9 cm³/mol. The van der Waals surface area contributed by atoms with Crippen LogP contribution in [0.15, 0.2) is 46.0 Å². The van der Waals surface area contributed by atoms with E-state index in [-0.39, 0.29) is 18.0 Å². The standard InChI is InChI=1S/C17H19N5O3S.ClH/c1-22-17(19-20-21-22)26-10-2-9-18-11-14-7-8-15(25-14)12-3-5-13(6-4-12)16(23)24;/h3-8,18H,2,9-11H2,1H3,(H,23,24);1H/p-1. The number of aromatic carboxylic acids is 1. The molecule has 2 heterocycles. The normalized spacial score (nSPS) is 10.6. The fourth-order valence-corrected chi connectivity index (χ4v) is 3.11. The molecule has 0 saturated heterocycles. The van der Waals surface area contributed by atoms with Crippen LogP contribution in [0.2, 0.25) is 0 Å². The van der Waals surface area contributed by atoms with Gasteiger partial charge in [-0.1, -0.05) is 23.9 Å².